The van der Waals surface area contributed by atoms with E-state index in [-0.39, 0.29) is 11.1 Å². The Morgan fingerprint density at radius 1 is 0.273 bits per heavy atom. The van der Waals surface area contributed by atoms with E-state index in [1.807, 2.05) is 355 Å². The summed E-state index contributed by atoms with van der Waals surface area (Å²) in [6, 6.07) is 99.4. The molecule has 9 heteroatoms. The Hall–Kier alpha value is -9.62. The van der Waals surface area contributed by atoms with Crippen LogP contribution in [0.3, 0.4) is 0 Å². The molecule has 0 aromatic heterocycles. The van der Waals surface area contributed by atoms with Crippen molar-refractivity contribution in [2.75, 3.05) is 46.2 Å². The zero-order valence-electron chi connectivity index (χ0n) is 86.1. The molecule has 0 unspecified atom stereocenters. The molecule has 0 fully saturated rings. The van der Waals surface area contributed by atoms with Gasteiger partial charge in [-0.2, -0.15) is 0 Å². The highest BCUT2D eigenvalue weighted by atomic mass is 28.3. The molecular formula is C119H186O8Si. The van der Waals surface area contributed by atoms with Crippen LogP contribution in [0.5, 0.6) is 46.0 Å². The molecule has 714 valence electrons. The highest BCUT2D eigenvalue weighted by Crippen LogP contribution is 2.35. The number of hydrogen-bond acceptors (Lipinski definition) is 8. The highest BCUT2D eigenvalue weighted by Gasteiger charge is 2.47. The number of para-hydroxylation sites is 8. The van der Waals surface area contributed by atoms with Crippen LogP contribution in [0.25, 0.3) is 0 Å². The van der Waals surface area contributed by atoms with Crippen molar-refractivity contribution in [1.82, 2.24) is 0 Å². The van der Waals surface area contributed by atoms with E-state index in [9.17, 15) is 0 Å². The predicted molar refractivity (Wildman–Crippen MR) is 571 cm³/mol. The minimum absolute atomic E-state index is 0.0372. The van der Waals surface area contributed by atoms with E-state index in [4.69, 9.17) is 37.9 Å². The number of hydrogen-bond donors (Lipinski definition) is 0. The molecule has 0 atom stereocenters. The lowest BCUT2D eigenvalue weighted by Gasteiger charge is -2.39. The van der Waals surface area contributed by atoms with Gasteiger partial charge in [0.1, 0.15) is 52.6 Å². The third kappa shape index (κ3) is 70.4. The van der Waals surface area contributed by atoms with Crippen LogP contribution >= 0.6 is 0 Å². The molecule has 0 radical (unpaired) electrons. The average Bonchev–Trinajstić information content (AvgIpc) is 0.813. The van der Waals surface area contributed by atoms with E-state index in [2.05, 4.69) is 134 Å². The minimum Gasteiger partial charge on any atom is -0.494 e. The van der Waals surface area contributed by atoms with Crippen LogP contribution in [0, 0.1) is 11.5 Å². The van der Waals surface area contributed by atoms with E-state index in [0.717, 1.165) is 111 Å². The van der Waals surface area contributed by atoms with Gasteiger partial charge in [-0.3, -0.25) is 0 Å². The fraction of sp³-hybridized carbons (Fsp3) is 0.479. The van der Waals surface area contributed by atoms with Gasteiger partial charge in [-0.15, -0.1) is 5.54 Å². The molecular weight excluding hydrogens is 1590 g/mol. The van der Waals surface area contributed by atoms with Gasteiger partial charge in [-0.25, -0.2) is 0 Å². The smallest absolute Gasteiger partial charge is 0.204 e. The Labute approximate surface area is 790 Å². The second kappa shape index (κ2) is 99.5. The largest absolute Gasteiger partial charge is 0.494 e. The molecule has 8 nitrogen and oxygen atoms in total. The Balaban J connectivity index is -0.000000450. The van der Waals surface area contributed by atoms with E-state index in [1.54, 1.807) is 0 Å². The maximum atomic E-state index is 5.83. The van der Waals surface area contributed by atoms with Crippen molar-refractivity contribution >= 4 is 18.4 Å². The number of ether oxygens (including phenoxy) is 8. The molecule has 11 rings (SSSR count). The SMILES string of the molecule is CC.CC.CC.CC.CC.CC.CC.CC.CC(C)(C)[Si](C#CCOc1ccccc1)(c1ccccc1)c1ccccc1.CC(C)Oc1ccccc1.CCCCCCCCCCCCOc1ccccc1.CCCCCCCOc1ccccc1.CCCCCOc1ccccc1.CCCCOc1ccccc1.CCCOc1ccccc1.c1ccc2c(c1)CCO2. The maximum Gasteiger partial charge on any atom is 0.204 e. The van der Waals surface area contributed by atoms with Crippen LogP contribution in [0.1, 0.15) is 320 Å². The topological polar surface area (TPSA) is 73.8 Å². The van der Waals surface area contributed by atoms with Crippen LogP contribution in [-0.4, -0.2) is 60.4 Å². The molecule has 1 heterocycles. The standard InChI is InChI=1S/C25H26OSi.C18H30O.C13H20O.C11H16O.C10H14O.2C9H12O.C8H8O.8C2H6/c1-25(2,3)27(23-16-9-5-10-17-23,24-18-11-6-12-19-24)21-13-20-26-22-14-7-4-8-15-22;1-2-3-4-5-6-7-8-9-10-14-17-19-18-15-12-11-13-16-18;1-2-3-4-5-9-12-14-13-10-7-6-8-11-13;1-2-3-7-10-12-11-8-5-4-6-9-11;1-2-3-9-11-10-7-5-4-6-8-10;1-8(2)10-9-6-4-3-5-7-9;1-2-8-10-9-6-4-3-5-7-9;1-2-4-8-7(3-1)5-6-9-8;8*1-2/h4-12,14-19H,20H2,1-3H3;11-13,15-16H,2-10,14,17H2,1H3;6-8,10-11H,2-5,9,12H2,1H3;4-6,8-9H,2-3,7,10H2,1H3;4-8H,2-3,9H2,1H3;3-8H,1-2H3;3-7H,2,8H2,1H3;1-4H,5-6H2;8*1-2H3. The van der Waals surface area contributed by atoms with Crippen molar-refractivity contribution in [3.8, 4) is 57.5 Å². The third-order valence-corrected chi connectivity index (χ3v) is 23.0. The first-order valence-electron chi connectivity index (χ1n) is 50.1. The number of unbranched alkanes of at least 4 members (excludes halogenated alkanes) is 16. The monoisotopic (exact) mass is 1770 g/mol. The quantitative estimate of drug-likeness (QED) is 0.0217. The molecule has 1 aliphatic rings. The van der Waals surface area contributed by atoms with Crippen LogP contribution in [0.2, 0.25) is 5.04 Å². The Morgan fingerprint density at radius 2 is 0.516 bits per heavy atom. The van der Waals surface area contributed by atoms with Gasteiger partial charge in [-0.05, 0) is 158 Å². The molecule has 1 aliphatic heterocycles. The zero-order chi connectivity index (χ0) is 96.2. The number of rotatable bonds is 37. The summed E-state index contributed by atoms with van der Waals surface area (Å²) in [4.78, 5) is 0. The van der Waals surface area contributed by atoms with Gasteiger partial charge in [0.2, 0.25) is 8.07 Å². The Morgan fingerprint density at radius 3 is 0.805 bits per heavy atom. The number of fused-ring (bicyclic) bond motifs is 1. The van der Waals surface area contributed by atoms with Crippen molar-refractivity contribution in [3.05, 3.63) is 303 Å². The first-order valence-corrected chi connectivity index (χ1v) is 52.1. The van der Waals surface area contributed by atoms with Crippen LogP contribution in [0.4, 0.5) is 0 Å². The number of benzene rings is 10. The lowest BCUT2D eigenvalue weighted by atomic mass is 10.1. The van der Waals surface area contributed by atoms with E-state index in [1.165, 1.54) is 132 Å². The normalized spacial score (nSPS) is 9.71. The fourth-order valence-electron chi connectivity index (χ4n) is 11.8. The van der Waals surface area contributed by atoms with Crippen LogP contribution in [0.15, 0.2) is 297 Å². The van der Waals surface area contributed by atoms with E-state index >= 15 is 0 Å². The summed E-state index contributed by atoms with van der Waals surface area (Å²) in [6.45, 7) is 59.4. The Bertz CT molecular complexity index is 3700. The summed E-state index contributed by atoms with van der Waals surface area (Å²) in [7, 11) is -2.33. The second-order valence-electron chi connectivity index (χ2n) is 28.8. The molecule has 10 aromatic carbocycles. The van der Waals surface area contributed by atoms with E-state index < -0.39 is 8.07 Å². The highest BCUT2D eigenvalue weighted by molar-refractivity contribution is 7.10. The summed E-state index contributed by atoms with van der Waals surface area (Å²) >= 11 is 0. The van der Waals surface area contributed by atoms with Gasteiger partial charge >= 0.3 is 0 Å². The van der Waals surface area contributed by atoms with Gasteiger partial charge in [0.25, 0.3) is 0 Å². The zero-order valence-corrected chi connectivity index (χ0v) is 87.1. The molecule has 0 aliphatic carbocycles. The molecule has 0 N–H and O–H groups in total. The lowest BCUT2D eigenvalue weighted by molar-refractivity contribution is 0.242. The lowest BCUT2D eigenvalue weighted by Crippen LogP contribution is -2.63. The molecule has 0 bridgehead atoms. The van der Waals surface area contributed by atoms with Gasteiger partial charge < -0.3 is 37.9 Å². The molecule has 128 heavy (non-hydrogen) atoms. The first kappa shape index (κ1) is 127. The summed E-state index contributed by atoms with van der Waals surface area (Å²) < 4.78 is 44.1. The van der Waals surface area contributed by atoms with Crippen LogP contribution in [-0.2, 0) is 6.42 Å². The molecule has 0 spiro atoms. The van der Waals surface area contributed by atoms with Crippen molar-refractivity contribution in [2.24, 2.45) is 0 Å². The fourth-order valence-corrected chi connectivity index (χ4v) is 16.2. The summed E-state index contributed by atoms with van der Waals surface area (Å²) in [5.74, 6) is 11.1. The first-order chi connectivity index (χ1) is 63.0. The third-order valence-electron chi connectivity index (χ3n) is 17.8. The van der Waals surface area contributed by atoms with Gasteiger partial charge in [0.05, 0.1) is 45.7 Å². The molecule has 10 aromatic rings. The Kier molecular flexibility index (Phi) is 98.7. The summed E-state index contributed by atoms with van der Waals surface area (Å²) in [5.41, 5.74) is 5.08. The maximum absolute atomic E-state index is 5.83. The summed E-state index contributed by atoms with van der Waals surface area (Å²) in [5, 5.41) is 2.72. The van der Waals surface area contributed by atoms with E-state index in [0.29, 0.717) is 6.61 Å². The molecule has 0 amide bonds. The van der Waals surface area contributed by atoms with Crippen molar-refractivity contribution in [2.45, 2.75) is 332 Å². The van der Waals surface area contributed by atoms with Crippen molar-refractivity contribution < 1.29 is 37.9 Å². The summed E-state index contributed by atoms with van der Waals surface area (Å²) in [6.07, 6.45) is 28.6. The minimum atomic E-state index is -2.33. The average molecular weight is 1770 g/mol. The predicted octanol–water partition coefficient (Wildman–Crippen LogP) is 35.6. The van der Waals surface area contributed by atoms with Crippen LogP contribution < -0.4 is 48.3 Å². The van der Waals surface area contributed by atoms with Crippen molar-refractivity contribution in [1.29, 1.82) is 0 Å². The second-order valence-corrected chi connectivity index (χ2v) is 33.2. The van der Waals surface area contributed by atoms with Crippen molar-refractivity contribution in [3.63, 3.8) is 0 Å². The van der Waals surface area contributed by atoms with Gasteiger partial charge in [0.15, 0.2) is 0 Å². The molecule has 0 saturated carbocycles. The van der Waals surface area contributed by atoms with Gasteiger partial charge in [-0.1, -0.05) is 481 Å². The van der Waals surface area contributed by atoms with Gasteiger partial charge in [0, 0.05) is 6.42 Å². The molecule has 0 saturated heterocycles.